The molecule has 0 N–H and O–H groups in total. The zero-order chi connectivity index (χ0) is 13.0. The van der Waals surface area contributed by atoms with Crippen LogP contribution in [0, 0.1) is 41.9 Å². The van der Waals surface area contributed by atoms with Gasteiger partial charge in [0.05, 0.1) is 11.3 Å². The molecule has 1 aromatic rings. The highest BCUT2D eigenvalue weighted by Crippen LogP contribution is 2.60. The maximum Gasteiger partial charge on any atom is 0.101 e. The molecule has 0 unspecified atom stereocenters. The van der Waals surface area contributed by atoms with Crippen LogP contribution < -0.4 is 0 Å². The van der Waals surface area contributed by atoms with E-state index in [9.17, 15) is 5.26 Å². The molecular weight excluding hydrogens is 232 g/mol. The topological polar surface area (TPSA) is 36.7 Å². The van der Waals surface area contributed by atoms with Crippen LogP contribution in [0.25, 0.3) is 0 Å². The van der Waals surface area contributed by atoms with Crippen molar-refractivity contribution < 1.29 is 0 Å². The van der Waals surface area contributed by atoms with Crippen LogP contribution in [0.3, 0.4) is 0 Å². The van der Waals surface area contributed by atoms with Crippen LogP contribution in [0.2, 0.25) is 0 Å². The Hall–Kier alpha value is -1.36. The van der Waals surface area contributed by atoms with Gasteiger partial charge in [-0.3, -0.25) is 4.98 Å². The molecule has 0 spiro atoms. The summed E-state index contributed by atoms with van der Waals surface area (Å²) in [7, 11) is 0. The molecule has 4 fully saturated rings. The lowest BCUT2D eigenvalue weighted by atomic mass is 9.50. The van der Waals surface area contributed by atoms with E-state index in [0.717, 1.165) is 34.9 Å². The minimum absolute atomic E-state index is 0.643. The lowest BCUT2D eigenvalue weighted by Gasteiger charge is -2.54. The Morgan fingerprint density at radius 1 is 1.11 bits per heavy atom. The fourth-order valence-corrected chi connectivity index (χ4v) is 5.44. The van der Waals surface area contributed by atoms with Crippen LogP contribution in [0.4, 0.5) is 0 Å². The molecule has 5 rings (SSSR count). The van der Waals surface area contributed by atoms with E-state index < -0.39 is 0 Å². The van der Waals surface area contributed by atoms with E-state index in [-0.39, 0.29) is 0 Å². The smallest absolute Gasteiger partial charge is 0.101 e. The van der Waals surface area contributed by atoms with E-state index >= 15 is 0 Å². The van der Waals surface area contributed by atoms with Gasteiger partial charge in [0.2, 0.25) is 0 Å². The molecule has 4 saturated carbocycles. The second-order valence-corrected chi connectivity index (χ2v) is 6.93. The summed E-state index contributed by atoms with van der Waals surface area (Å²) in [6, 6.07) is 4.53. The SMILES string of the molecule is Cc1nccc(C2C3CC4CC(C3)CC2C4)c1C#N. The summed E-state index contributed by atoms with van der Waals surface area (Å²) in [5.74, 6) is 4.30. The molecule has 4 aliphatic carbocycles. The number of nitriles is 1. The molecule has 19 heavy (non-hydrogen) atoms. The minimum Gasteiger partial charge on any atom is -0.260 e. The van der Waals surface area contributed by atoms with Crippen molar-refractivity contribution in [2.24, 2.45) is 23.7 Å². The highest BCUT2D eigenvalue weighted by atomic mass is 14.7. The van der Waals surface area contributed by atoms with Gasteiger partial charge in [-0.15, -0.1) is 0 Å². The first-order chi connectivity index (χ1) is 9.26. The van der Waals surface area contributed by atoms with Gasteiger partial charge < -0.3 is 0 Å². The Morgan fingerprint density at radius 3 is 2.32 bits per heavy atom. The third-order valence-electron chi connectivity index (χ3n) is 5.87. The lowest BCUT2D eigenvalue weighted by molar-refractivity contribution is -0.00290. The van der Waals surface area contributed by atoms with Crippen molar-refractivity contribution in [3.05, 3.63) is 29.1 Å². The second kappa shape index (κ2) is 4.07. The molecule has 1 heterocycles. The third-order valence-corrected chi connectivity index (χ3v) is 5.87. The van der Waals surface area contributed by atoms with Crippen LogP contribution in [-0.2, 0) is 0 Å². The monoisotopic (exact) mass is 252 g/mol. The quantitative estimate of drug-likeness (QED) is 0.762. The first kappa shape index (κ1) is 11.5. The van der Waals surface area contributed by atoms with E-state index in [4.69, 9.17) is 0 Å². The lowest BCUT2D eigenvalue weighted by Crippen LogP contribution is -2.44. The standard InChI is InChI=1S/C17H20N2/c1-10-16(9-18)15(2-3-19-10)17-13-5-11-4-12(7-13)8-14(17)6-11/h2-3,11-14,17H,4-8H2,1H3. The average Bonchev–Trinajstić information content (AvgIpc) is 2.37. The van der Waals surface area contributed by atoms with Gasteiger partial charge in [-0.2, -0.15) is 5.26 Å². The van der Waals surface area contributed by atoms with Crippen LogP contribution in [0.15, 0.2) is 12.3 Å². The maximum absolute atomic E-state index is 9.46. The van der Waals surface area contributed by atoms with Crippen molar-refractivity contribution in [2.75, 3.05) is 0 Å². The molecule has 0 atom stereocenters. The predicted octanol–water partition coefficient (Wildman–Crippen LogP) is 3.80. The van der Waals surface area contributed by atoms with Crippen molar-refractivity contribution in [3.63, 3.8) is 0 Å². The van der Waals surface area contributed by atoms with Crippen molar-refractivity contribution in [1.82, 2.24) is 4.98 Å². The van der Waals surface area contributed by atoms with E-state index in [1.807, 2.05) is 13.1 Å². The Bertz CT molecular complexity index is 527. The van der Waals surface area contributed by atoms with Crippen molar-refractivity contribution in [3.8, 4) is 6.07 Å². The van der Waals surface area contributed by atoms with E-state index in [2.05, 4.69) is 17.1 Å². The fraction of sp³-hybridized carbons (Fsp3) is 0.647. The maximum atomic E-state index is 9.46. The van der Waals surface area contributed by atoms with Crippen molar-refractivity contribution in [1.29, 1.82) is 5.26 Å². The Balaban J connectivity index is 1.77. The molecule has 0 amide bonds. The summed E-state index contributed by atoms with van der Waals surface area (Å²) in [5.41, 5.74) is 3.08. The van der Waals surface area contributed by atoms with Crippen molar-refractivity contribution >= 4 is 0 Å². The molecule has 2 nitrogen and oxygen atoms in total. The molecule has 1 aromatic heterocycles. The minimum atomic E-state index is 0.643. The molecule has 98 valence electrons. The zero-order valence-corrected chi connectivity index (χ0v) is 11.5. The Labute approximate surface area is 114 Å². The number of nitrogens with zero attached hydrogens (tertiary/aromatic N) is 2. The molecule has 0 aliphatic heterocycles. The largest absolute Gasteiger partial charge is 0.260 e. The van der Waals surface area contributed by atoms with Crippen LogP contribution in [0.5, 0.6) is 0 Å². The predicted molar refractivity (Wildman–Crippen MR) is 73.5 cm³/mol. The number of aryl methyl sites for hydroxylation is 1. The second-order valence-electron chi connectivity index (χ2n) is 6.93. The summed E-state index contributed by atoms with van der Waals surface area (Å²) in [6.45, 7) is 1.97. The van der Waals surface area contributed by atoms with E-state index in [1.54, 1.807) is 0 Å². The number of hydrogen-bond acceptors (Lipinski definition) is 2. The molecular formula is C17H20N2. The van der Waals surface area contributed by atoms with Gasteiger partial charge in [-0.05, 0) is 80.2 Å². The molecule has 0 saturated heterocycles. The summed E-state index contributed by atoms with van der Waals surface area (Å²) in [5, 5.41) is 9.46. The van der Waals surface area contributed by atoms with Crippen LogP contribution in [0.1, 0.15) is 54.8 Å². The normalized spacial score (nSPS) is 39.3. The number of hydrogen-bond donors (Lipinski definition) is 0. The number of aromatic nitrogens is 1. The third kappa shape index (κ3) is 1.64. The average molecular weight is 252 g/mol. The molecule has 2 heteroatoms. The molecule has 4 bridgehead atoms. The molecule has 0 radical (unpaired) electrons. The van der Waals surface area contributed by atoms with Crippen LogP contribution in [-0.4, -0.2) is 4.98 Å². The van der Waals surface area contributed by atoms with Gasteiger partial charge in [0.1, 0.15) is 6.07 Å². The summed E-state index contributed by atoms with van der Waals surface area (Å²) >= 11 is 0. The highest BCUT2D eigenvalue weighted by Gasteiger charge is 2.49. The van der Waals surface area contributed by atoms with Gasteiger partial charge in [0.15, 0.2) is 0 Å². The Kier molecular flexibility index (Phi) is 2.45. The molecule has 0 aromatic carbocycles. The number of rotatable bonds is 1. The summed E-state index contributed by atoms with van der Waals surface area (Å²) < 4.78 is 0. The Morgan fingerprint density at radius 2 is 1.74 bits per heavy atom. The van der Waals surface area contributed by atoms with Crippen LogP contribution >= 0.6 is 0 Å². The van der Waals surface area contributed by atoms with Gasteiger partial charge in [-0.1, -0.05) is 0 Å². The molecule has 4 aliphatic rings. The van der Waals surface area contributed by atoms with Gasteiger partial charge in [-0.25, -0.2) is 0 Å². The van der Waals surface area contributed by atoms with Crippen molar-refractivity contribution in [2.45, 2.75) is 44.9 Å². The summed E-state index contributed by atoms with van der Waals surface area (Å²) in [4.78, 5) is 4.30. The van der Waals surface area contributed by atoms with E-state index in [1.165, 1.54) is 37.7 Å². The summed E-state index contributed by atoms with van der Waals surface area (Å²) in [6.07, 6.45) is 9.01. The number of pyridine rings is 1. The van der Waals surface area contributed by atoms with Gasteiger partial charge in [0, 0.05) is 6.20 Å². The van der Waals surface area contributed by atoms with Gasteiger partial charge >= 0.3 is 0 Å². The van der Waals surface area contributed by atoms with E-state index in [0.29, 0.717) is 5.92 Å². The van der Waals surface area contributed by atoms with Gasteiger partial charge in [0.25, 0.3) is 0 Å². The first-order valence-electron chi connectivity index (χ1n) is 7.62. The zero-order valence-electron chi connectivity index (χ0n) is 11.5. The highest BCUT2D eigenvalue weighted by molar-refractivity contribution is 5.43. The first-order valence-corrected chi connectivity index (χ1v) is 7.62. The fourth-order valence-electron chi connectivity index (χ4n) is 5.44.